The van der Waals surface area contributed by atoms with Crippen LogP contribution in [0.15, 0.2) is 29.2 Å². The van der Waals surface area contributed by atoms with Gasteiger partial charge in [0.25, 0.3) is 0 Å². The molecule has 2 rings (SSSR count). The van der Waals surface area contributed by atoms with E-state index in [2.05, 4.69) is 17.4 Å². The molecule has 3 heteroatoms. The summed E-state index contributed by atoms with van der Waals surface area (Å²) < 4.78 is 0. The van der Waals surface area contributed by atoms with Crippen molar-refractivity contribution >= 4 is 11.8 Å². The molecule has 1 aliphatic rings. The highest BCUT2D eigenvalue weighted by molar-refractivity contribution is 7.98. The maximum Gasteiger partial charge on any atom is 0.114 e. The molecule has 2 nitrogen and oxygen atoms in total. The van der Waals surface area contributed by atoms with E-state index in [1.165, 1.54) is 4.90 Å². The van der Waals surface area contributed by atoms with Crippen LogP contribution < -0.4 is 5.32 Å². The number of thioether (sulfide) groups is 1. The lowest BCUT2D eigenvalue weighted by atomic mass is 9.88. The maximum atomic E-state index is 10.0. The summed E-state index contributed by atoms with van der Waals surface area (Å²) in [6.45, 7) is 1.34. The van der Waals surface area contributed by atoms with Gasteiger partial charge in [0.1, 0.15) is 5.60 Å². The first-order chi connectivity index (χ1) is 6.24. The fourth-order valence-corrected chi connectivity index (χ4v) is 1.94. The van der Waals surface area contributed by atoms with Crippen molar-refractivity contribution in [2.24, 2.45) is 0 Å². The highest BCUT2D eigenvalue weighted by atomic mass is 32.2. The first kappa shape index (κ1) is 9.06. The van der Waals surface area contributed by atoms with Gasteiger partial charge in [-0.2, -0.15) is 0 Å². The van der Waals surface area contributed by atoms with E-state index < -0.39 is 5.60 Å². The van der Waals surface area contributed by atoms with Gasteiger partial charge in [0.2, 0.25) is 0 Å². The smallest absolute Gasteiger partial charge is 0.114 e. The van der Waals surface area contributed by atoms with Crippen LogP contribution in [-0.4, -0.2) is 24.5 Å². The number of nitrogens with one attached hydrogen (secondary N) is 1. The van der Waals surface area contributed by atoms with Crippen molar-refractivity contribution in [3.63, 3.8) is 0 Å². The van der Waals surface area contributed by atoms with Gasteiger partial charge in [0.15, 0.2) is 0 Å². The Morgan fingerprint density at radius 1 is 1.46 bits per heavy atom. The number of hydrogen-bond acceptors (Lipinski definition) is 3. The van der Waals surface area contributed by atoms with Gasteiger partial charge in [0, 0.05) is 18.0 Å². The van der Waals surface area contributed by atoms with Crippen molar-refractivity contribution in [3.8, 4) is 0 Å². The molecular formula is C10H13NOS. The van der Waals surface area contributed by atoms with Gasteiger partial charge in [-0.15, -0.1) is 11.8 Å². The zero-order chi connectivity index (χ0) is 9.31. The Kier molecular flexibility index (Phi) is 2.32. The van der Waals surface area contributed by atoms with E-state index in [9.17, 15) is 5.11 Å². The molecule has 0 atom stereocenters. The molecule has 1 aromatic carbocycles. The molecule has 1 saturated heterocycles. The Labute approximate surface area is 82.4 Å². The van der Waals surface area contributed by atoms with Gasteiger partial charge in [0.05, 0.1) is 0 Å². The lowest BCUT2D eigenvalue weighted by Crippen LogP contribution is -2.56. The molecule has 0 bridgehead atoms. The van der Waals surface area contributed by atoms with Gasteiger partial charge < -0.3 is 10.4 Å². The van der Waals surface area contributed by atoms with Crippen LogP contribution in [0.5, 0.6) is 0 Å². The second-order valence-corrected chi connectivity index (χ2v) is 4.25. The van der Waals surface area contributed by atoms with Crippen LogP contribution in [0.4, 0.5) is 0 Å². The van der Waals surface area contributed by atoms with Gasteiger partial charge in [-0.05, 0) is 24.0 Å². The van der Waals surface area contributed by atoms with Crippen molar-refractivity contribution in [1.82, 2.24) is 5.32 Å². The van der Waals surface area contributed by atoms with Gasteiger partial charge in [-0.1, -0.05) is 12.1 Å². The molecule has 0 aromatic heterocycles. The van der Waals surface area contributed by atoms with Crippen LogP contribution >= 0.6 is 11.8 Å². The van der Waals surface area contributed by atoms with Gasteiger partial charge in [-0.3, -0.25) is 0 Å². The molecule has 2 N–H and O–H groups in total. The largest absolute Gasteiger partial charge is 0.382 e. The lowest BCUT2D eigenvalue weighted by molar-refractivity contribution is -0.0148. The Morgan fingerprint density at radius 3 is 2.77 bits per heavy atom. The molecule has 0 saturated carbocycles. The zero-order valence-electron chi connectivity index (χ0n) is 7.58. The van der Waals surface area contributed by atoms with E-state index in [4.69, 9.17) is 0 Å². The Bertz CT molecular complexity index is 310. The summed E-state index contributed by atoms with van der Waals surface area (Å²) in [5.41, 5.74) is 0.407. The van der Waals surface area contributed by atoms with Crippen molar-refractivity contribution in [2.45, 2.75) is 10.5 Å². The van der Waals surface area contributed by atoms with Gasteiger partial charge in [-0.25, -0.2) is 0 Å². The molecule has 0 spiro atoms. The Balaban J connectivity index is 2.29. The summed E-state index contributed by atoms with van der Waals surface area (Å²) >= 11 is 1.70. The minimum absolute atomic E-state index is 0.619. The van der Waals surface area contributed by atoms with Crippen LogP contribution in [0.2, 0.25) is 0 Å². The van der Waals surface area contributed by atoms with Crippen molar-refractivity contribution in [3.05, 3.63) is 29.8 Å². The Morgan fingerprint density at radius 2 is 2.23 bits per heavy atom. The van der Waals surface area contributed by atoms with Crippen LogP contribution in [0.1, 0.15) is 5.56 Å². The zero-order valence-corrected chi connectivity index (χ0v) is 8.40. The first-order valence-corrected chi connectivity index (χ1v) is 5.55. The highest BCUT2D eigenvalue weighted by Gasteiger charge is 2.35. The van der Waals surface area contributed by atoms with E-state index in [1.807, 2.05) is 18.4 Å². The van der Waals surface area contributed by atoms with E-state index in [-0.39, 0.29) is 0 Å². The summed E-state index contributed by atoms with van der Waals surface area (Å²) in [5.74, 6) is 0. The topological polar surface area (TPSA) is 32.3 Å². The normalized spacial score (nSPS) is 19.5. The fourth-order valence-electron chi connectivity index (χ4n) is 1.48. The predicted octanol–water partition coefficient (Wildman–Crippen LogP) is 1.20. The molecule has 1 aromatic rings. The number of hydrogen-bond donors (Lipinski definition) is 2. The second-order valence-electron chi connectivity index (χ2n) is 3.37. The van der Waals surface area contributed by atoms with Crippen LogP contribution in [-0.2, 0) is 5.60 Å². The van der Waals surface area contributed by atoms with E-state index in [0.717, 1.165) is 5.56 Å². The average Bonchev–Trinajstić information content (AvgIpc) is 2.14. The SMILES string of the molecule is CSc1cccc(C2(O)CNC2)c1. The maximum absolute atomic E-state index is 10.0. The molecule has 0 aliphatic carbocycles. The molecular weight excluding hydrogens is 182 g/mol. The molecule has 1 fully saturated rings. The number of β-amino-alcohol motifs (C(OH)–C–C–N with tert-alkyl or cyclic N) is 1. The van der Waals surface area contributed by atoms with Crippen molar-refractivity contribution in [2.75, 3.05) is 19.3 Å². The molecule has 13 heavy (non-hydrogen) atoms. The fraction of sp³-hybridized carbons (Fsp3) is 0.400. The predicted molar refractivity (Wildman–Crippen MR) is 55.0 cm³/mol. The minimum Gasteiger partial charge on any atom is -0.382 e. The highest BCUT2D eigenvalue weighted by Crippen LogP contribution is 2.27. The quantitative estimate of drug-likeness (QED) is 0.695. The third kappa shape index (κ3) is 1.59. The molecule has 0 radical (unpaired) electrons. The number of rotatable bonds is 2. The Hall–Kier alpha value is -0.510. The van der Waals surface area contributed by atoms with Crippen LogP contribution in [0.3, 0.4) is 0 Å². The third-order valence-corrected chi connectivity index (χ3v) is 3.17. The third-order valence-electron chi connectivity index (χ3n) is 2.44. The summed E-state index contributed by atoms with van der Waals surface area (Å²) in [4.78, 5) is 1.21. The van der Waals surface area contributed by atoms with Crippen LogP contribution in [0.25, 0.3) is 0 Å². The molecule has 0 amide bonds. The van der Waals surface area contributed by atoms with E-state index in [0.29, 0.717) is 13.1 Å². The summed E-state index contributed by atoms with van der Waals surface area (Å²) in [6.07, 6.45) is 2.04. The first-order valence-electron chi connectivity index (χ1n) is 4.32. The molecule has 70 valence electrons. The molecule has 1 heterocycles. The van der Waals surface area contributed by atoms with E-state index in [1.54, 1.807) is 11.8 Å². The standard InChI is InChI=1S/C10H13NOS/c1-13-9-4-2-3-8(5-9)10(12)6-11-7-10/h2-5,11-12H,6-7H2,1H3. The second kappa shape index (κ2) is 3.33. The monoisotopic (exact) mass is 195 g/mol. The minimum atomic E-state index is -0.619. The number of aliphatic hydroxyl groups is 1. The summed E-state index contributed by atoms with van der Waals surface area (Å²) in [5, 5.41) is 13.1. The molecule has 1 aliphatic heterocycles. The van der Waals surface area contributed by atoms with Gasteiger partial charge >= 0.3 is 0 Å². The molecule has 0 unspecified atom stereocenters. The average molecular weight is 195 g/mol. The lowest BCUT2D eigenvalue weighted by Gasteiger charge is -2.38. The summed E-state index contributed by atoms with van der Waals surface area (Å²) in [7, 11) is 0. The van der Waals surface area contributed by atoms with Crippen LogP contribution in [0, 0.1) is 0 Å². The summed E-state index contributed by atoms with van der Waals surface area (Å²) in [6, 6.07) is 8.10. The van der Waals surface area contributed by atoms with Crippen molar-refractivity contribution in [1.29, 1.82) is 0 Å². The van der Waals surface area contributed by atoms with E-state index >= 15 is 0 Å². The van der Waals surface area contributed by atoms with Crippen molar-refractivity contribution < 1.29 is 5.11 Å². The number of benzene rings is 1.